The van der Waals surface area contributed by atoms with Crippen molar-refractivity contribution in [1.29, 1.82) is 0 Å². The summed E-state index contributed by atoms with van der Waals surface area (Å²) in [5.74, 6) is 0.504. The van der Waals surface area contributed by atoms with Crippen LogP contribution in [0.5, 0.6) is 0 Å². The van der Waals surface area contributed by atoms with Gasteiger partial charge in [-0.1, -0.05) is 31.5 Å². The minimum atomic E-state index is 0.0595. The van der Waals surface area contributed by atoms with Gasteiger partial charge in [-0.05, 0) is 35.6 Å². The number of aliphatic hydroxyl groups is 1. The minimum Gasteiger partial charge on any atom is -0.392 e. The summed E-state index contributed by atoms with van der Waals surface area (Å²) in [5, 5.41) is 9.69. The highest BCUT2D eigenvalue weighted by Crippen LogP contribution is 2.23. The zero-order chi connectivity index (χ0) is 9.84. The predicted molar refractivity (Wildman–Crippen MR) is 56.1 cm³/mol. The topological polar surface area (TPSA) is 20.2 Å². The molecule has 0 saturated heterocycles. The molecule has 1 N–H and O–H groups in total. The Morgan fingerprint density at radius 1 is 1.38 bits per heavy atom. The minimum absolute atomic E-state index is 0.0595. The van der Waals surface area contributed by atoms with E-state index in [0.29, 0.717) is 10.9 Å². The molecule has 0 heterocycles. The van der Waals surface area contributed by atoms with Gasteiger partial charge in [-0.3, -0.25) is 0 Å². The van der Waals surface area contributed by atoms with E-state index in [0.717, 1.165) is 12.0 Å². The van der Waals surface area contributed by atoms with Crippen molar-refractivity contribution in [3.63, 3.8) is 0 Å². The van der Waals surface area contributed by atoms with Crippen LogP contribution in [0, 0.1) is 0 Å². The molecule has 72 valence electrons. The Balaban J connectivity index is 3.01. The highest BCUT2D eigenvalue weighted by molar-refractivity contribution is 6.30. The maximum absolute atomic E-state index is 8.98. The average molecular weight is 199 g/mol. The summed E-state index contributed by atoms with van der Waals surface area (Å²) in [4.78, 5) is 0. The summed E-state index contributed by atoms with van der Waals surface area (Å²) < 4.78 is 0. The molecular weight excluding hydrogens is 184 g/mol. The van der Waals surface area contributed by atoms with Crippen molar-refractivity contribution < 1.29 is 5.11 Å². The Bertz CT molecular complexity index is 283. The Kier molecular flexibility index (Phi) is 3.76. The molecule has 1 nitrogen and oxygen atoms in total. The second-order valence-corrected chi connectivity index (χ2v) is 3.80. The van der Waals surface area contributed by atoms with Crippen molar-refractivity contribution in [1.82, 2.24) is 0 Å². The highest BCUT2D eigenvalue weighted by atomic mass is 35.5. The number of hydrogen-bond acceptors (Lipinski definition) is 1. The van der Waals surface area contributed by atoms with Crippen LogP contribution >= 0.6 is 11.6 Å². The van der Waals surface area contributed by atoms with Crippen LogP contribution < -0.4 is 0 Å². The highest BCUT2D eigenvalue weighted by Gasteiger charge is 2.05. The fraction of sp³-hybridized carbons (Fsp3) is 0.455. The van der Waals surface area contributed by atoms with Crippen molar-refractivity contribution in [2.45, 2.75) is 32.8 Å². The van der Waals surface area contributed by atoms with Crippen LogP contribution in [0.15, 0.2) is 18.2 Å². The Morgan fingerprint density at radius 2 is 2.08 bits per heavy atom. The average Bonchev–Trinajstić information content (AvgIpc) is 2.15. The molecule has 0 aliphatic heterocycles. The maximum atomic E-state index is 8.98. The molecule has 1 unspecified atom stereocenters. The molecular formula is C11H15ClO. The summed E-state index contributed by atoms with van der Waals surface area (Å²) in [6.07, 6.45) is 1.09. The maximum Gasteiger partial charge on any atom is 0.0682 e. The Morgan fingerprint density at radius 3 is 2.62 bits per heavy atom. The van der Waals surface area contributed by atoms with E-state index in [9.17, 15) is 0 Å². The third kappa shape index (κ3) is 2.71. The lowest BCUT2D eigenvalue weighted by atomic mass is 9.97. The van der Waals surface area contributed by atoms with Crippen molar-refractivity contribution in [3.05, 3.63) is 34.3 Å². The van der Waals surface area contributed by atoms with Crippen LogP contribution in [0.3, 0.4) is 0 Å². The fourth-order valence-corrected chi connectivity index (χ4v) is 1.55. The molecule has 0 saturated carbocycles. The van der Waals surface area contributed by atoms with E-state index in [1.807, 2.05) is 12.1 Å². The van der Waals surface area contributed by atoms with Gasteiger partial charge < -0.3 is 5.11 Å². The Hall–Kier alpha value is -0.530. The first kappa shape index (κ1) is 10.6. The zero-order valence-electron chi connectivity index (χ0n) is 8.05. The largest absolute Gasteiger partial charge is 0.392 e. The molecule has 1 atom stereocenters. The van der Waals surface area contributed by atoms with E-state index >= 15 is 0 Å². The fourth-order valence-electron chi connectivity index (χ4n) is 1.29. The van der Waals surface area contributed by atoms with Crippen molar-refractivity contribution >= 4 is 11.6 Å². The smallest absolute Gasteiger partial charge is 0.0682 e. The summed E-state index contributed by atoms with van der Waals surface area (Å²) in [6.45, 7) is 4.36. The van der Waals surface area contributed by atoms with E-state index < -0.39 is 0 Å². The molecule has 13 heavy (non-hydrogen) atoms. The summed E-state index contributed by atoms with van der Waals surface area (Å²) in [6, 6.07) is 5.78. The van der Waals surface area contributed by atoms with Crippen LogP contribution in [-0.4, -0.2) is 5.11 Å². The molecule has 0 radical (unpaired) electrons. The number of aliphatic hydroxyl groups excluding tert-OH is 1. The summed E-state index contributed by atoms with van der Waals surface area (Å²) in [7, 11) is 0. The molecule has 0 fully saturated rings. The molecule has 1 aromatic rings. The number of benzene rings is 1. The van der Waals surface area contributed by atoms with Gasteiger partial charge in [0.1, 0.15) is 0 Å². The van der Waals surface area contributed by atoms with E-state index in [4.69, 9.17) is 16.7 Å². The molecule has 1 aromatic carbocycles. The van der Waals surface area contributed by atoms with Crippen molar-refractivity contribution in [3.8, 4) is 0 Å². The van der Waals surface area contributed by atoms with Crippen LogP contribution in [0.2, 0.25) is 5.02 Å². The standard InChI is InChI=1S/C11H15ClO/c1-3-8(2)10-4-9(7-13)5-11(12)6-10/h4-6,8,13H,3,7H2,1-2H3. The zero-order valence-corrected chi connectivity index (χ0v) is 8.80. The van der Waals surface area contributed by atoms with E-state index in [1.54, 1.807) is 6.07 Å². The second kappa shape index (κ2) is 4.64. The molecule has 0 bridgehead atoms. The predicted octanol–water partition coefficient (Wildman–Crippen LogP) is 3.35. The first-order chi connectivity index (χ1) is 6.17. The van der Waals surface area contributed by atoms with Crippen LogP contribution in [0.1, 0.15) is 37.3 Å². The first-order valence-electron chi connectivity index (χ1n) is 4.57. The van der Waals surface area contributed by atoms with Crippen LogP contribution in [0.4, 0.5) is 0 Å². The molecule has 0 aliphatic rings. The van der Waals surface area contributed by atoms with Gasteiger partial charge in [0.05, 0.1) is 6.61 Å². The van der Waals surface area contributed by atoms with E-state index in [2.05, 4.69) is 13.8 Å². The van der Waals surface area contributed by atoms with Gasteiger partial charge in [0.2, 0.25) is 0 Å². The molecule has 0 aliphatic carbocycles. The summed E-state index contributed by atoms with van der Waals surface area (Å²) in [5.41, 5.74) is 2.10. The molecule has 0 spiro atoms. The third-order valence-corrected chi connectivity index (χ3v) is 2.56. The van der Waals surface area contributed by atoms with Crippen LogP contribution in [0.25, 0.3) is 0 Å². The van der Waals surface area contributed by atoms with Gasteiger partial charge in [-0.25, -0.2) is 0 Å². The first-order valence-corrected chi connectivity index (χ1v) is 4.95. The monoisotopic (exact) mass is 198 g/mol. The number of rotatable bonds is 3. The number of halogens is 1. The van der Waals surface area contributed by atoms with E-state index in [-0.39, 0.29) is 6.61 Å². The van der Waals surface area contributed by atoms with Crippen molar-refractivity contribution in [2.24, 2.45) is 0 Å². The van der Waals surface area contributed by atoms with Gasteiger partial charge in [0.25, 0.3) is 0 Å². The van der Waals surface area contributed by atoms with Gasteiger partial charge in [-0.15, -0.1) is 0 Å². The number of hydrogen-bond donors (Lipinski definition) is 1. The van der Waals surface area contributed by atoms with E-state index in [1.165, 1.54) is 5.56 Å². The quantitative estimate of drug-likeness (QED) is 0.790. The lowest BCUT2D eigenvalue weighted by Crippen LogP contribution is -1.93. The second-order valence-electron chi connectivity index (χ2n) is 3.36. The van der Waals surface area contributed by atoms with Crippen molar-refractivity contribution in [2.75, 3.05) is 0 Å². The van der Waals surface area contributed by atoms with Gasteiger partial charge in [-0.2, -0.15) is 0 Å². The normalized spacial score (nSPS) is 12.9. The molecule has 0 amide bonds. The van der Waals surface area contributed by atoms with Gasteiger partial charge >= 0.3 is 0 Å². The SMILES string of the molecule is CCC(C)c1cc(Cl)cc(CO)c1. The summed E-state index contributed by atoms with van der Waals surface area (Å²) >= 11 is 5.92. The van der Waals surface area contributed by atoms with Gasteiger partial charge in [0.15, 0.2) is 0 Å². The third-order valence-electron chi connectivity index (χ3n) is 2.34. The van der Waals surface area contributed by atoms with Crippen LogP contribution in [-0.2, 0) is 6.61 Å². The van der Waals surface area contributed by atoms with Gasteiger partial charge in [0, 0.05) is 5.02 Å². The lowest BCUT2D eigenvalue weighted by Gasteiger charge is -2.10. The Labute approximate surface area is 84.4 Å². The molecule has 2 heteroatoms. The molecule has 1 rings (SSSR count). The molecule has 0 aromatic heterocycles. The lowest BCUT2D eigenvalue weighted by molar-refractivity contribution is 0.281.